The van der Waals surface area contributed by atoms with Crippen LogP contribution in [-0.2, 0) is 6.54 Å². The van der Waals surface area contributed by atoms with Crippen LogP contribution < -0.4 is 10.6 Å². The molecule has 0 radical (unpaired) electrons. The molecule has 0 aromatic heterocycles. The molecule has 1 aromatic carbocycles. The first-order chi connectivity index (χ1) is 11.6. The maximum Gasteiger partial charge on any atom is 0.314 e. The van der Waals surface area contributed by atoms with Gasteiger partial charge in [0.25, 0.3) is 0 Å². The molecule has 3 rings (SSSR count). The standard InChI is InChI=1S/C19H29N3O2/c1-2-19(8-9-19)14-21-18(24)20-11-16-10-17(23)13-22(16)12-15-6-4-3-5-7-15/h3-7,16-17,23H,2,8-14H2,1H3,(H2,20,21,24). The zero-order chi connectivity index (χ0) is 17.0. The SMILES string of the molecule is CCC1(CNC(=O)NCC2CC(O)CN2Cc2ccccc2)CC1. The van der Waals surface area contributed by atoms with Crippen molar-refractivity contribution in [1.82, 2.24) is 15.5 Å². The lowest BCUT2D eigenvalue weighted by atomic mass is 10.0. The second-order valence-corrected chi connectivity index (χ2v) is 7.38. The highest BCUT2D eigenvalue weighted by atomic mass is 16.3. The minimum atomic E-state index is -0.307. The largest absolute Gasteiger partial charge is 0.392 e. The predicted molar refractivity (Wildman–Crippen MR) is 94.6 cm³/mol. The van der Waals surface area contributed by atoms with Crippen molar-refractivity contribution in [2.75, 3.05) is 19.6 Å². The highest BCUT2D eigenvalue weighted by Gasteiger charge is 2.40. The minimum Gasteiger partial charge on any atom is -0.392 e. The van der Waals surface area contributed by atoms with Gasteiger partial charge in [-0.05, 0) is 36.7 Å². The van der Waals surface area contributed by atoms with Gasteiger partial charge < -0.3 is 15.7 Å². The molecule has 2 amide bonds. The summed E-state index contributed by atoms with van der Waals surface area (Å²) in [4.78, 5) is 14.3. The van der Waals surface area contributed by atoms with E-state index in [0.29, 0.717) is 24.9 Å². The number of aliphatic hydroxyl groups is 1. The average molecular weight is 331 g/mol. The van der Waals surface area contributed by atoms with E-state index in [9.17, 15) is 9.90 Å². The Kier molecular flexibility index (Phi) is 5.41. The first-order valence-corrected chi connectivity index (χ1v) is 9.08. The highest BCUT2D eigenvalue weighted by molar-refractivity contribution is 5.73. The lowest BCUT2D eigenvalue weighted by Gasteiger charge is -2.24. The maximum absolute atomic E-state index is 12.0. The van der Waals surface area contributed by atoms with Gasteiger partial charge in [0.05, 0.1) is 6.10 Å². The smallest absolute Gasteiger partial charge is 0.314 e. The van der Waals surface area contributed by atoms with E-state index in [1.807, 2.05) is 18.2 Å². The van der Waals surface area contributed by atoms with E-state index in [1.54, 1.807) is 0 Å². The number of aliphatic hydroxyl groups excluding tert-OH is 1. The number of carbonyl (C=O) groups is 1. The Balaban J connectivity index is 1.45. The summed E-state index contributed by atoms with van der Waals surface area (Å²) in [5.74, 6) is 0. The molecule has 132 valence electrons. The zero-order valence-electron chi connectivity index (χ0n) is 14.5. The van der Waals surface area contributed by atoms with Crippen LogP contribution in [0.25, 0.3) is 0 Å². The lowest BCUT2D eigenvalue weighted by Crippen LogP contribution is -2.45. The number of likely N-dealkylation sites (tertiary alicyclic amines) is 1. The first-order valence-electron chi connectivity index (χ1n) is 9.08. The molecule has 2 fully saturated rings. The van der Waals surface area contributed by atoms with Gasteiger partial charge in [0.15, 0.2) is 0 Å². The summed E-state index contributed by atoms with van der Waals surface area (Å²) in [7, 11) is 0. The Morgan fingerprint density at radius 3 is 2.71 bits per heavy atom. The van der Waals surface area contributed by atoms with E-state index in [4.69, 9.17) is 0 Å². The topological polar surface area (TPSA) is 64.6 Å². The molecule has 24 heavy (non-hydrogen) atoms. The van der Waals surface area contributed by atoms with Crippen LogP contribution in [0.1, 0.15) is 38.2 Å². The summed E-state index contributed by atoms with van der Waals surface area (Å²) in [5, 5.41) is 16.0. The van der Waals surface area contributed by atoms with Crippen molar-refractivity contribution in [2.45, 2.75) is 51.3 Å². The van der Waals surface area contributed by atoms with Gasteiger partial charge >= 0.3 is 6.03 Å². The number of nitrogens with zero attached hydrogens (tertiary/aromatic N) is 1. The zero-order valence-corrected chi connectivity index (χ0v) is 14.5. The summed E-state index contributed by atoms with van der Waals surface area (Å²) in [6, 6.07) is 10.4. The number of hydrogen-bond donors (Lipinski definition) is 3. The molecular formula is C19H29N3O2. The molecule has 2 unspecified atom stereocenters. The summed E-state index contributed by atoms with van der Waals surface area (Å²) in [6.07, 6.45) is 3.99. The summed E-state index contributed by atoms with van der Waals surface area (Å²) in [6.45, 7) is 5.02. The number of hydrogen-bond acceptors (Lipinski definition) is 3. The summed E-state index contributed by atoms with van der Waals surface area (Å²) in [5.41, 5.74) is 1.60. The monoisotopic (exact) mass is 331 g/mol. The summed E-state index contributed by atoms with van der Waals surface area (Å²) >= 11 is 0. The normalized spacial score (nSPS) is 25.4. The molecule has 1 aliphatic heterocycles. The van der Waals surface area contributed by atoms with Gasteiger partial charge in [0.1, 0.15) is 0 Å². The number of amides is 2. The van der Waals surface area contributed by atoms with Crippen LogP contribution in [0.2, 0.25) is 0 Å². The first kappa shape index (κ1) is 17.2. The fraction of sp³-hybridized carbons (Fsp3) is 0.632. The molecule has 1 saturated carbocycles. The Hall–Kier alpha value is -1.59. The molecule has 5 heteroatoms. The van der Waals surface area contributed by atoms with Gasteiger partial charge in [-0.2, -0.15) is 0 Å². The van der Waals surface area contributed by atoms with Crippen molar-refractivity contribution in [2.24, 2.45) is 5.41 Å². The Morgan fingerprint density at radius 1 is 1.29 bits per heavy atom. The van der Waals surface area contributed by atoms with Crippen LogP contribution in [0.15, 0.2) is 30.3 Å². The average Bonchev–Trinajstić information content (AvgIpc) is 3.30. The van der Waals surface area contributed by atoms with Crippen LogP contribution in [0.5, 0.6) is 0 Å². The van der Waals surface area contributed by atoms with Crippen molar-refractivity contribution in [3.63, 3.8) is 0 Å². The molecule has 1 aliphatic carbocycles. The van der Waals surface area contributed by atoms with Gasteiger partial charge in [-0.3, -0.25) is 4.90 Å². The second kappa shape index (κ2) is 7.53. The molecule has 0 spiro atoms. The number of β-amino-alcohol motifs (C(OH)–C–C–N with tert-alkyl or cyclic N) is 1. The molecule has 2 atom stereocenters. The number of rotatable bonds is 7. The summed E-state index contributed by atoms with van der Waals surface area (Å²) < 4.78 is 0. The third-order valence-electron chi connectivity index (χ3n) is 5.56. The van der Waals surface area contributed by atoms with Gasteiger partial charge in [-0.15, -0.1) is 0 Å². The van der Waals surface area contributed by atoms with Crippen LogP contribution in [0.3, 0.4) is 0 Å². The number of benzene rings is 1. The van der Waals surface area contributed by atoms with Crippen molar-refractivity contribution in [3.8, 4) is 0 Å². The minimum absolute atomic E-state index is 0.0872. The fourth-order valence-corrected chi connectivity index (χ4v) is 3.55. The molecule has 3 N–H and O–H groups in total. The highest BCUT2D eigenvalue weighted by Crippen LogP contribution is 2.47. The van der Waals surface area contributed by atoms with Gasteiger partial charge in [-0.1, -0.05) is 37.3 Å². The van der Waals surface area contributed by atoms with Gasteiger partial charge in [-0.25, -0.2) is 4.79 Å². The van der Waals surface area contributed by atoms with Crippen LogP contribution >= 0.6 is 0 Å². The van der Waals surface area contributed by atoms with E-state index in [2.05, 4.69) is 34.6 Å². The molecule has 2 aliphatic rings. The second-order valence-electron chi connectivity index (χ2n) is 7.38. The number of urea groups is 1. The molecule has 1 aromatic rings. The Morgan fingerprint density at radius 2 is 2.04 bits per heavy atom. The Labute approximate surface area is 144 Å². The molecule has 0 bridgehead atoms. The fourth-order valence-electron chi connectivity index (χ4n) is 3.55. The third-order valence-corrected chi connectivity index (χ3v) is 5.56. The molecule has 1 saturated heterocycles. The number of carbonyl (C=O) groups excluding carboxylic acids is 1. The van der Waals surface area contributed by atoms with Crippen molar-refractivity contribution in [1.29, 1.82) is 0 Å². The van der Waals surface area contributed by atoms with E-state index in [1.165, 1.54) is 18.4 Å². The molecule has 5 nitrogen and oxygen atoms in total. The van der Waals surface area contributed by atoms with Crippen molar-refractivity contribution in [3.05, 3.63) is 35.9 Å². The quantitative estimate of drug-likeness (QED) is 0.717. The Bertz CT molecular complexity index is 545. The lowest BCUT2D eigenvalue weighted by molar-refractivity contribution is 0.172. The van der Waals surface area contributed by atoms with E-state index in [0.717, 1.165) is 19.5 Å². The third kappa shape index (κ3) is 4.48. The maximum atomic E-state index is 12.0. The molecular weight excluding hydrogens is 302 g/mol. The molecule has 1 heterocycles. The van der Waals surface area contributed by atoms with Crippen molar-refractivity contribution >= 4 is 6.03 Å². The van der Waals surface area contributed by atoms with Crippen LogP contribution in [0.4, 0.5) is 4.79 Å². The van der Waals surface area contributed by atoms with Gasteiger partial charge in [0, 0.05) is 32.2 Å². The van der Waals surface area contributed by atoms with Crippen molar-refractivity contribution < 1.29 is 9.90 Å². The van der Waals surface area contributed by atoms with E-state index < -0.39 is 0 Å². The van der Waals surface area contributed by atoms with Gasteiger partial charge in [0.2, 0.25) is 0 Å². The van der Waals surface area contributed by atoms with E-state index in [-0.39, 0.29) is 18.2 Å². The van der Waals surface area contributed by atoms with E-state index >= 15 is 0 Å². The predicted octanol–water partition coefficient (Wildman–Crippen LogP) is 2.11. The van der Waals surface area contributed by atoms with Crippen LogP contribution in [0, 0.1) is 5.41 Å². The van der Waals surface area contributed by atoms with Crippen LogP contribution in [-0.4, -0.2) is 47.8 Å². The number of nitrogens with one attached hydrogen (secondary N) is 2.